The maximum Gasteiger partial charge on any atom is 0.161 e. The van der Waals surface area contributed by atoms with Crippen molar-refractivity contribution in [2.24, 2.45) is 0 Å². The first-order chi connectivity index (χ1) is 8.98. The normalized spacial score (nSPS) is 26.8. The summed E-state index contributed by atoms with van der Waals surface area (Å²) in [4.78, 5) is 0. The van der Waals surface area contributed by atoms with Gasteiger partial charge in [-0.15, -0.1) is 0 Å². The highest BCUT2D eigenvalue weighted by Crippen LogP contribution is 2.30. The van der Waals surface area contributed by atoms with E-state index < -0.39 is 9.84 Å². The van der Waals surface area contributed by atoms with Gasteiger partial charge in [0.25, 0.3) is 0 Å². The van der Waals surface area contributed by atoms with Gasteiger partial charge in [0.1, 0.15) is 24.9 Å². The summed E-state index contributed by atoms with van der Waals surface area (Å²) in [6.45, 7) is 5.28. The molecule has 0 N–H and O–H groups in total. The van der Waals surface area contributed by atoms with Crippen LogP contribution in [0.3, 0.4) is 0 Å². The Balaban J connectivity index is 0.00000147. The number of fused-ring (bicyclic) bond motifs is 1. The lowest BCUT2D eigenvalue weighted by molar-refractivity contribution is -0.938. The van der Waals surface area contributed by atoms with E-state index in [1.165, 1.54) is 5.56 Å². The zero-order valence-electron chi connectivity index (χ0n) is 11.6. The molecular formula is C14H20ClNO3S. The SMILES string of the molecule is CC1C[N+]2(CCS(=O)(=O)CC2)Cc2ccccc2O1.[Cl-]. The molecule has 0 aromatic heterocycles. The van der Waals surface area contributed by atoms with Gasteiger partial charge in [-0.25, -0.2) is 8.42 Å². The monoisotopic (exact) mass is 317 g/mol. The van der Waals surface area contributed by atoms with Gasteiger partial charge in [-0.1, -0.05) is 12.1 Å². The molecule has 1 spiro atoms. The fourth-order valence-electron chi connectivity index (χ4n) is 3.19. The number of nitrogens with zero attached hydrogens (tertiary/aromatic N) is 1. The molecule has 2 aliphatic rings. The Morgan fingerprint density at radius 3 is 2.55 bits per heavy atom. The van der Waals surface area contributed by atoms with Crippen molar-refractivity contribution < 1.29 is 30.0 Å². The number of sulfone groups is 1. The Kier molecular flexibility index (Phi) is 4.33. The summed E-state index contributed by atoms with van der Waals surface area (Å²) in [5.74, 6) is 1.57. The molecule has 0 radical (unpaired) electrons. The Bertz CT molecular complexity index is 574. The van der Waals surface area contributed by atoms with Gasteiger partial charge in [0.05, 0.1) is 24.6 Å². The molecule has 1 aromatic carbocycles. The van der Waals surface area contributed by atoms with Crippen LogP contribution in [0.4, 0.5) is 0 Å². The highest BCUT2D eigenvalue weighted by Gasteiger charge is 2.40. The molecule has 20 heavy (non-hydrogen) atoms. The van der Waals surface area contributed by atoms with Gasteiger partial charge in [0.15, 0.2) is 9.84 Å². The second-order valence-corrected chi connectivity index (χ2v) is 8.12. The fourth-order valence-corrected chi connectivity index (χ4v) is 4.73. The maximum absolute atomic E-state index is 11.6. The third kappa shape index (κ3) is 3.10. The number of rotatable bonds is 0. The van der Waals surface area contributed by atoms with Crippen molar-refractivity contribution in [3.63, 3.8) is 0 Å². The number of hydrogen-bond donors (Lipinski definition) is 0. The minimum Gasteiger partial charge on any atom is -1.00 e. The summed E-state index contributed by atoms with van der Waals surface area (Å²) < 4.78 is 30.1. The van der Waals surface area contributed by atoms with Crippen molar-refractivity contribution in [1.29, 1.82) is 0 Å². The first-order valence-electron chi connectivity index (χ1n) is 6.78. The average molecular weight is 318 g/mol. The van der Waals surface area contributed by atoms with E-state index in [1.54, 1.807) is 0 Å². The Hall–Kier alpha value is -0.780. The lowest BCUT2D eigenvalue weighted by Crippen LogP contribution is -3.00. The summed E-state index contributed by atoms with van der Waals surface area (Å²) in [6.07, 6.45) is 0.129. The molecule has 112 valence electrons. The Morgan fingerprint density at radius 1 is 1.20 bits per heavy atom. The van der Waals surface area contributed by atoms with Crippen LogP contribution in [0.2, 0.25) is 0 Å². The minimum absolute atomic E-state index is 0. The summed E-state index contributed by atoms with van der Waals surface area (Å²) >= 11 is 0. The molecule has 4 nitrogen and oxygen atoms in total. The molecule has 2 heterocycles. The zero-order chi connectivity index (χ0) is 13.5. The van der Waals surface area contributed by atoms with Crippen LogP contribution < -0.4 is 17.1 Å². The first-order valence-corrected chi connectivity index (χ1v) is 8.60. The number of halogens is 1. The second kappa shape index (κ2) is 5.54. The lowest BCUT2D eigenvalue weighted by Gasteiger charge is -2.41. The molecule has 1 fully saturated rings. The van der Waals surface area contributed by atoms with Crippen LogP contribution in [0.1, 0.15) is 12.5 Å². The van der Waals surface area contributed by atoms with E-state index in [4.69, 9.17) is 4.74 Å². The molecule has 0 saturated carbocycles. The smallest absolute Gasteiger partial charge is 0.161 e. The van der Waals surface area contributed by atoms with E-state index in [0.29, 0.717) is 24.6 Å². The van der Waals surface area contributed by atoms with Crippen molar-refractivity contribution >= 4 is 9.84 Å². The number of hydrogen-bond acceptors (Lipinski definition) is 3. The molecule has 3 rings (SSSR count). The van der Waals surface area contributed by atoms with Crippen LogP contribution in [-0.4, -0.2) is 50.1 Å². The summed E-state index contributed by atoms with van der Waals surface area (Å²) in [5, 5.41) is 0. The lowest BCUT2D eigenvalue weighted by atomic mass is 10.1. The first kappa shape index (κ1) is 15.6. The number of para-hydroxylation sites is 1. The van der Waals surface area contributed by atoms with E-state index in [1.807, 2.05) is 18.2 Å². The topological polar surface area (TPSA) is 43.4 Å². The fraction of sp³-hybridized carbons (Fsp3) is 0.571. The van der Waals surface area contributed by atoms with Crippen molar-refractivity contribution in [3.8, 4) is 5.75 Å². The largest absolute Gasteiger partial charge is 1.00 e. The van der Waals surface area contributed by atoms with E-state index in [-0.39, 0.29) is 18.5 Å². The molecule has 1 aromatic rings. The zero-order valence-corrected chi connectivity index (χ0v) is 13.2. The molecule has 6 heteroatoms. The minimum atomic E-state index is -2.82. The van der Waals surface area contributed by atoms with Gasteiger partial charge in [0, 0.05) is 5.56 Å². The van der Waals surface area contributed by atoms with Crippen molar-refractivity contribution in [1.82, 2.24) is 0 Å². The van der Waals surface area contributed by atoms with Crippen molar-refractivity contribution in [3.05, 3.63) is 29.8 Å². The van der Waals surface area contributed by atoms with Crippen molar-refractivity contribution in [2.75, 3.05) is 31.1 Å². The highest BCUT2D eigenvalue weighted by molar-refractivity contribution is 7.91. The van der Waals surface area contributed by atoms with Crippen molar-refractivity contribution in [2.45, 2.75) is 19.6 Å². The molecule has 1 unspecified atom stereocenters. The molecule has 0 amide bonds. The van der Waals surface area contributed by atoms with Crippen LogP contribution in [0.25, 0.3) is 0 Å². The summed E-state index contributed by atoms with van der Waals surface area (Å²) in [5.41, 5.74) is 1.20. The maximum atomic E-state index is 11.6. The predicted octanol–water partition coefficient (Wildman–Crippen LogP) is -1.78. The molecule has 0 aliphatic carbocycles. The third-order valence-corrected chi connectivity index (χ3v) is 5.81. The van der Waals surface area contributed by atoms with Gasteiger partial charge in [0.2, 0.25) is 0 Å². The van der Waals surface area contributed by atoms with Gasteiger partial charge >= 0.3 is 0 Å². The van der Waals surface area contributed by atoms with Gasteiger partial charge in [-0.05, 0) is 19.1 Å². The summed E-state index contributed by atoms with van der Waals surface area (Å²) in [6, 6.07) is 8.11. The predicted molar refractivity (Wildman–Crippen MR) is 73.8 cm³/mol. The summed E-state index contributed by atoms with van der Waals surface area (Å²) in [7, 11) is -2.82. The molecule has 1 atom stereocenters. The average Bonchev–Trinajstić information content (AvgIpc) is 2.49. The Labute approximate surface area is 126 Å². The van der Waals surface area contributed by atoms with Gasteiger partial charge in [-0.2, -0.15) is 0 Å². The molecule has 1 saturated heterocycles. The van der Waals surface area contributed by atoms with Gasteiger partial charge in [-0.3, -0.25) is 0 Å². The van der Waals surface area contributed by atoms with E-state index in [2.05, 4.69) is 13.0 Å². The standard InChI is InChI=1S/C14H20NO3S.ClH/c1-12-10-15(6-8-19(16,17)9-7-15)11-13-4-2-3-5-14(13)18-12;/h2-5,12H,6-11H2,1H3;1H/q+1;/p-1. The van der Waals surface area contributed by atoms with Crippen LogP contribution in [0.5, 0.6) is 5.75 Å². The quantitative estimate of drug-likeness (QED) is 0.531. The molecule has 0 bridgehead atoms. The van der Waals surface area contributed by atoms with Crippen LogP contribution in [0.15, 0.2) is 24.3 Å². The van der Waals surface area contributed by atoms with E-state index in [9.17, 15) is 8.42 Å². The highest BCUT2D eigenvalue weighted by atomic mass is 35.5. The molecular weight excluding hydrogens is 298 g/mol. The molecule has 2 aliphatic heterocycles. The number of ether oxygens (including phenoxy) is 1. The number of quaternary nitrogens is 1. The number of benzene rings is 1. The van der Waals surface area contributed by atoms with Crippen LogP contribution >= 0.6 is 0 Å². The Morgan fingerprint density at radius 2 is 1.85 bits per heavy atom. The van der Waals surface area contributed by atoms with E-state index in [0.717, 1.165) is 23.3 Å². The van der Waals surface area contributed by atoms with Crippen LogP contribution in [0, 0.1) is 0 Å². The third-order valence-electron chi connectivity index (χ3n) is 4.20. The second-order valence-electron chi connectivity index (χ2n) is 5.82. The van der Waals surface area contributed by atoms with E-state index >= 15 is 0 Å². The van der Waals surface area contributed by atoms with Gasteiger partial charge < -0.3 is 21.6 Å². The van der Waals surface area contributed by atoms with Crippen LogP contribution in [-0.2, 0) is 16.4 Å².